The molecule has 8 heteroatoms. The molecule has 0 amide bonds. The van der Waals surface area contributed by atoms with Crippen LogP contribution in [0.5, 0.6) is 0 Å². The van der Waals surface area contributed by atoms with Crippen molar-refractivity contribution in [2.45, 2.75) is 50.0 Å². The van der Waals surface area contributed by atoms with Crippen molar-refractivity contribution in [2.75, 3.05) is 26.2 Å². The largest absolute Gasteiger partial charge is 0.416 e. The predicted molar refractivity (Wildman–Crippen MR) is 112 cm³/mol. The SMILES string of the molecule is O=c1ccc(CN2CCN(C3CCC(O)(c4ccccc4C(F)(F)F)CC3)CC2)c[nH]1. The van der Waals surface area contributed by atoms with Crippen LogP contribution in [-0.4, -0.2) is 52.1 Å². The second-order valence-corrected chi connectivity index (χ2v) is 8.68. The number of aliphatic hydroxyl groups is 1. The molecular weight excluding hydrogens is 407 g/mol. The number of aromatic amines is 1. The van der Waals surface area contributed by atoms with E-state index < -0.39 is 17.3 Å². The lowest BCUT2D eigenvalue weighted by molar-refractivity contribution is -0.141. The third-order valence-electron chi connectivity index (χ3n) is 6.69. The Morgan fingerprint density at radius 1 is 1.03 bits per heavy atom. The molecule has 5 nitrogen and oxygen atoms in total. The Morgan fingerprint density at radius 2 is 1.71 bits per heavy atom. The Hall–Kier alpha value is -2.16. The highest BCUT2D eigenvalue weighted by Gasteiger charge is 2.43. The quantitative estimate of drug-likeness (QED) is 0.774. The lowest BCUT2D eigenvalue weighted by Crippen LogP contribution is -2.52. The molecule has 168 valence electrons. The predicted octanol–water partition coefficient (Wildman–Crippen LogP) is 3.34. The summed E-state index contributed by atoms with van der Waals surface area (Å²) in [5.41, 5.74) is -1.18. The summed E-state index contributed by atoms with van der Waals surface area (Å²) in [6, 6.07) is 9.06. The van der Waals surface area contributed by atoms with Crippen molar-refractivity contribution in [1.82, 2.24) is 14.8 Å². The number of nitrogens with one attached hydrogen (secondary N) is 1. The Morgan fingerprint density at radius 3 is 2.32 bits per heavy atom. The first-order valence-corrected chi connectivity index (χ1v) is 10.8. The minimum Gasteiger partial charge on any atom is -0.385 e. The molecule has 4 rings (SSSR count). The van der Waals surface area contributed by atoms with E-state index in [0.717, 1.165) is 44.4 Å². The number of pyridine rings is 1. The molecule has 2 aliphatic rings. The average Bonchev–Trinajstić information content (AvgIpc) is 2.76. The van der Waals surface area contributed by atoms with Crippen LogP contribution in [0, 0.1) is 0 Å². The van der Waals surface area contributed by atoms with E-state index in [9.17, 15) is 23.1 Å². The summed E-state index contributed by atoms with van der Waals surface area (Å²) in [5.74, 6) is 0. The zero-order valence-corrected chi connectivity index (χ0v) is 17.4. The number of aromatic nitrogens is 1. The number of benzene rings is 1. The molecule has 1 saturated carbocycles. The fraction of sp³-hybridized carbons (Fsp3) is 0.522. The molecule has 2 fully saturated rings. The number of alkyl halides is 3. The first kappa shape index (κ1) is 22.0. The Kier molecular flexibility index (Phi) is 6.23. The van der Waals surface area contributed by atoms with Gasteiger partial charge < -0.3 is 10.1 Å². The molecule has 0 unspecified atom stereocenters. The van der Waals surface area contributed by atoms with Gasteiger partial charge >= 0.3 is 6.18 Å². The third kappa shape index (κ3) is 5.02. The summed E-state index contributed by atoms with van der Waals surface area (Å²) >= 11 is 0. The van der Waals surface area contributed by atoms with Gasteiger partial charge in [0.15, 0.2) is 0 Å². The minimum absolute atomic E-state index is 0.00618. The standard InChI is InChI=1S/C23H28F3N3O2/c24-23(25,26)20-4-2-1-3-19(20)22(31)9-7-18(8-10-22)29-13-11-28(12-14-29)16-17-5-6-21(30)27-15-17/h1-6,15,18,31H,7-14,16H2,(H,27,30). The highest BCUT2D eigenvalue weighted by atomic mass is 19.4. The van der Waals surface area contributed by atoms with Crippen LogP contribution in [0.4, 0.5) is 13.2 Å². The molecule has 0 bridgehead atoms. The van der Waals surface area contributed by atoms with Crippen LogP contribution in [-0.2, 0) is 18.3 Å². The van der Waals surface area contributed by atoms with Crippen molar-refractivity contribution in [3.63, 3.8) is 0 Å². The molecule has 31 heavy (non-hydrogen) atoms. The summed E-state index contributed by atoms with van der Waals surface area (Å²) in [5, 5.41) is 11.1. The molecule has 0 radical (unpaired) electrons. The number of hydrogen-bond donors (Lipinski definition) is 2. The van der Waals surface area contributed by atoms with Crippen molar-refractivity contribution in [3.8, 4) is 0 Å². The monoisotopic (exact) mass is 435 g/mol. The van der Waals surface area contributed by atoms with Gasteiger partial charge in [-0.25, -0.2) is 0 Å². The van der Waals surface area contributed by atoms with E-state index in [1.165, 1.54) is 18.2 Å². The van der Waals surface area contributed by atoms with Gasteiger partial charge in [-0.1, -0.05) is 24.3 Å². The van der Waals surface area contributed by atoms with Gasteiger partial charge in [0.1, 0.15) is 0 Å². The summed E-state index contributed by atoms with van der Waals surface area (Å²) < 4.78 is 40.2. The van der Waals surface area contributed by atoms with Gasteiger partial charge in [-0.3, -0.25) is 14.6 Å². The van der Waals surface area contributed by atoms with Crippen LogP contribution in [0.1, 0.15) is 42.4 Å². The fourth-order valence-corrected chi connectivity index (χ4v) is 4.94. The van der Waals surface area contributed by atoms with Gasteiger partial charge in [0, 0.05) is 51.0 Å². The highest BCUT2D eigenvalue weighted by molar-refractivity contribution is 5.35. The van der Waals surface area contributed by atoms with Gasteiger partial charge in [0.25, 0.3) is 0 Å². The average molecular weight is 435 g/mol. The topological polar surface area (TPSA) is 59.6 Å². The van der Waals surface area contributed by atoms with Crippen LogP contribution < -0.4 is 5.56 Å². The molecule has 0 spiro atoms. The Balaban J connectivity index is 1.33. The first-order chi connectivity index (χ1) is 14.7. The molecule has 1 aliphatic carbocycles. The number of hydrogen-bond acceptors (Lipinski definition) is 4. The van der Waals surface area contributed by atoms with Crippen molar-refractivity contribution in [1.29, 1.82) is 0 Å². The fourth-order valence-electron chi connectivity index (χ4n) is 4.94. The van der Waals surface area contributed by atoms with Crippen LogP contribution in [0.25, 0.3) is 0 Å². The van der Waals surface area contributed by atoms with Crippen LogP contribution in [0.3, 0.4) is 0 Å². The molecule has 2 aromatic rings. The van der Waals surface area contributed by atoms with Crippen molar-refractivity contribution in [3.05, 3.63) is 69.6 Å². The third-order valence-corrected chi connectivity index (χ3v) is 6.69. The number of nitrogens with zero attached hydrogens (tertiary/aromatic N) is 2. The summed E-state index contributed by atoms with van der Waals surface area (Å²) in [7, 11) is 0. The zero-order valence-electron chi connectivity index (χ0n) is 17.4. The number of H-pyrrole nitrogens is 1. The van der Waals surface area contributed by atoms with Crippen molar-refractivity contribution in [2.24, 2.45) is 0 Å². The molecular formula is C23H28F3N3O2. The van der Waals surface area contributed by atoms with Crippen LogP contribution in [0.15, 0.2) is 47.4 Å². The molecule has 1 aromatic heterocycles. The van der Waals surface area contributed by atoms with Gasteiger partial charge in [-0.05, 0) is 42.9 Å². The second-order valence-electron chi connectivity index (χ2n) is 8.68. The lowest BCUT2D eigenvalue weighted by Gasteiger charge is -2.44. The summed E-state index contributed by atoms with van der Waals surface area (Å²) in [6.07, 6.45) is -0.684. The molecule has 2 heterocycles. The Bertz CT molecular complexity index is 923. The highest BCUT2D eigenvalue weighted by Crippen LogP contribution is 2.44. The Labute approximate surface area is 179 Å². The van der Waals surface area contributed by atoms with E-state index in [4.69, 9.17) is 0 Å². The van der Waals surface area contributed by atoms with E-state index in [1.54, 1.807) is 12.3 Å². The molecule has 0 atom stereocenters. The van der Waals surface area contributed by atoms with E-state index >= 15 is 0 Å². The van der Waals surface area contributed by atoms with E-state index in [1.807, 2.05) is 6.07 Å². The zero-order chi connectivity index (χ0) is 22.1. The summed E-state index contributed by atoms with van der Waals surface area (Å²) in [4.78, 5) is 18.6. The smallest absolute Gasteiger partial charge is 0.385 e. The van der Waals surface area contributed by atoms with Gasteiger partial charge in [0.05, 0.1) is 11.2 Å². The van der Waals surface area contributed by atoms with E-state index in [0.29, 0.717) is 25.7 Å². The van der Waals surface area contributed by atoms with Crippen LogP contribution >= 0.6 is 0 Å². The maximum atomic E-state index is 13.4. The van der Waals surface area contributed by atoms with Crippen molar-refractivity contribution >= 4 is 0 Å². The van der Waals surface area contributed by atoms with Gasteiger partial charge in [-0.15, -0.1) is 0 Å². The first-order valence-electron chi connectivity index (χ1n) is 10.8. The molecule has 1 aromatic carbocycles. The minimum atomic E-state index is -4.47. The summed E-state index contributed by atoms with van der Waals surface area (Å²) in [6.45, 7) is 4.37. The number of piperazine rings is 1. The normalized spacial score (nSPS) is 26.1. The molecule has 2 N–H and O–H groups in total. The maximum Gasteiger partial charge on any atom is 0.416 e. The number of rotatable bonds is 4. The van der Waals surface area contributed by atoms with Crippen LogP contribution in [0.2, 0.25) is 0 Å². The molecule has 1 saturated heterocycles. The second kappa shape index (κ2) is 8.76. The van der Waals surface area contributed by atoms with Gasteiger partial charge in [-0.2, -0.15) is 13.2 Å². The van der Waals surface area contributed by atoms with E-state index in [2.05, 4.69) is 14.8 Å². The van der Waals surface area contributed by atoms with E-state index in [-0.39, 0.29) is 17.2 Å². The lowest BCUT2D eigenvalue weighted by atomic mass is 9.75. The molecule has 1 aliphatic heterocycles. The van der Waals surface area contributed by atoms with Gasteiger partial charge in [0.2, 0.25) is 5.56 Å². The van der Waals surface area contributed by atoms with Crippen molar-refractivity contribution < 1.29 is 18.3 Å². The maximum absolute atomic E-state index is 13.4. The number of halogens is 3.